The first kappa shape index (κ1) is 12.0. The van der Waals surface area contributed by atoms with Crippen LogP contribution < -0.4 is 5.32 Å². The van der Waals surface area contributed by atoms with Gasteiger partial charge < -0.3 is 5.32 Å². The summed E-state index contributed by atoms with van der Waals surface area (Å²) in [5.41, 5.74) is 1.13. The van der Waals surface area contributed by atoms with Crippen LogP contribution in [-0.4, -0.2) is 16.0 Å². The van der Waals surface area contributed by atoms with Crippen LogP contribution in [0.25, 0.3) is 21.3 Å². The van der Waals surface area contributed by atoms with Crippen molar-refractivity contribution in [3.63, 3.8) is 0 Å². The summed E-state index contributed by atoms with van der Waals surface area (Å²) in [6, 6.07) is 9.07. The third-order valence-corrected chi connectivity index (χ3v) is 4.63. The van der Waals surface area contributed by atoms with Crippen molar-refractivity contribution in [2.75, 3.05) is 0 Å². The Morgan fingerprint density at radius 2 is 2.05 bits per heavy atom. The first-order chi connectivity index (χ1) is 9.90. The van der Waals surface area contributed by atoms with Gasteiger partial charge in [-0.15, -0.1) is 11.3 Å². The molecule has 0 atom stereocenters. The molecule has 100 valence electrons. The number of nitrogens with one attached hydrogen (secondary N) is 1. The molecule has 1 aliphatic carbocycles. The standard InChI is InChI=1S/C16H15N3S/c1-2-4-14-11(3-1)7-17-10-15(14)16-19-9-13(20-16)8-18-12-5-6-12/h1-4,7,9-10,12,18H,5-6,8H2. The van der Waals surface area contributed by atoms with Gasteiger partial charge in [0.25, 0.3) is 0 Å². The number of nitrogens with zero attached hydrogens (tertiary/aromatic N) is 2. The van der Waals surface area contributed by atoms with Gasteiger partial charge in [-0.2, -0.15) is 0 Å². The number of benzene rings is 1. The van der Waals surface area contributed by atoms with E-state index in [1.54, 1.807) is 11.3 Å². The molecule has 1 aromatic carbocycles. The maximum absolute atomic E-state index is 4.57. The molecular formula is C16H15N3S. The molecule has 3 aromatic rings. The van der Waals surface area contributed by atoms with E-state index in [1.165, 1.54) is 23.1 Å². The molecule has 0 radical (unpaired) electrons. The molecule has 1 N–H and O–H groups in total. The maximum atomic E-state index is 4.57. The van der Waals surface area contributed by atoms with Gasteiger partial charge in [-0.25, -0.2) is 4.98 Å². The normalized spacial score (nSPS) is 14.8. The number of thiazole rings is 1. The smallest absolute Gasteiger partial charge is 0.125 e. The lowest BCUT2D eigenvalue weighted by atomic mass is 10.1. The lowest BCUT2D eigenvalue weighted by Crippen LogP contribution is -2.14. The van der Waals surface area contributed by atoms with Crippen molar-refractivity contribution in [1.82, 2.24) is 15.3 Å². The van der Waals surface area contributed by atoms with E-state index < -0.39 is 0 Å². The molecule has 3 nitrogen and oxygen atoms in total. The zero-order valence-corrected chi connectivity index (χ0v) is 11.9. The summed E-state index contributed by atoms with van der Waals surface area (Å²) in [6.45, 7) is 0.931. The minimum atomic E-state index is 0.736. The van der Waals surface area contributed by atoms with Crippen LogP contribution in [0.5, 0.6) is 0 Å². The summed E-state index contributed by atoms with van der Waals surface area (Å²) in [4.78, 5) is 10.2. The number of hydrogen-bond acceptors (Lipinski definition) is 4. The second-order valence-electron chi connectivity index (χ2n) is 5.20. The summed E-state index contributed by atoms with van der Waals surface area (Å²) < 4.78 is 0. The van der Waals surface area contributed by atoms with Crippen LogP contribution in [0.4, 0.5) is 0 Å². The summed E-state index contributed by atoms with van der Waals surface area (Å²) in [5, 5.41) is 6.97. The van der Waals surface area contributed by atoms with E-state index >= 15 is 0 Å². The molecule has 4 rings (SSSR count). The van der Waals surface area contributed by atoms with Gasteiger partial charge in [0.2, 0.25) is 0 Å². The average molecular weight is 281 g/mol. The van der Waals surface area contributed by atoms with Gasteiger partial charge in [0.05, 0.1) is 0 Å². The van der Waals surface area contributed by atoms with Crippen LogP contribution >= 0.6 is 11.3 Å². The molecule has 2 heterocycles. The number of pyridine rings is 1. The lowest BCUT2D eigenvalue weighted by Gasteiger charge is -2.02. The molecule has 0 bridgehead atoms. The van der Waals surface area contributed by atoms with Crippen molar-refractivity contribution in [3.05, 3.63) is 47.7 Å². The van der Waals surface area contributed by atoms with Crippen LogP contribution in [0.2, 0.25) is 0 Å². The Morgan fingerprint density at radius 3 is 2.95 bits per heavy atom. The fourth-order valence-corrected chi connectivity index (χ4v) is 3.22. The molecule has 2 aromatic heterocycles. The Kier molecular flexibility index (Phi) is 2.98. The monoisotopic (exact) mass is 281 g/mol. The number of rotatable bonds is 4. The summed E-state index contributed by atoms with van der Waals surface area (Å²) >= 11 is 1.76. The largest absolute Gasteiger partial charge is 0.309 e. The molecule has 0 saturated heterocycles. The SMILES string of the molecule is c1ccc2c(-c3ncc(CNC4CC4)s3)cncc2c1. The highest BCUT2D eigenvalue weighted by molar-refractivity contribution is 7.15. The second kappa shape index (κ2) is 4.96. The van der Waals surface area contributed by atoms with Crippen LogP contribution in [0.1, 0.15) is 17.7 Å². The molecular weight excluding hydrogens is 266 g/mol. The van der Waals surface area contributed by atoms with Gasteiger partial charge in [-0.3, -0.25) is 4.98 Å². The minimum Gasteiger partial charge on any atom is -0.309 e. The summed E-state index contributed by atoms with van der Waals surface area (Å²) in [7, 11) is 0. The van der Waals surface area contributed by atoms with Gasteiger partial charge in [0, 0.05) is 47.0 Å². The molecule has 0 spiro atoms. The highest BCUT2D eigenvalue weighted by Gasteiger charge is 2.20. The zero-order chi connectivity index (χ0) is 13.4. The van der Waals surface area contributed by atoms with E-state index in [1.807, 2.05) is 24.7 Å². The van der Waals surface area contributed by atoms with Gasteiger partial charge >= 0.3 is 0 Å². The van der Waals surface area contributed by atoms with E-state index in [4.69, 9.17) is 0 Å². The lowest BCUT2D eigenvalue weighted by molar-refractivity contribution is 0.694. The highest BCUT2D eigenvalue weighted by Crippen LogP contribution is 2.31. The number of aromatic nitrogens is 2. The number of fused-ring (bicyclic) bond motifs is 1. The predicted molar refractivity (Wildman–Crippen MR) is 82.7 cm³/mol. The zero-order valence-electron chi connectivity index (χ0n) is 11.0. The van der Waals surface area contributed by atoms with Gasteiger partial charge in [-0.1, -0.05) is 24.3 Å². The van der Waals surface area contributed by atoms with Gasteiger partial charge in [0.15, 0.2) is 0 Å². The fraction of sp³-hybridized carbons (Fsp3) is 0.250. The van der Waals surface area contributed by atoms with E-state index in [9.17, 15) is 0 Å². The van der Waals surface area contributed by atoms with Crippen molar-refractivity contribution < 1.29 is 0 Å². The van der Waals surface area contributed by atoms with Crippen molar-refractivity contribution in [3.8, 4) is 10.6 Å². The topological polar surface area (TPSA) is 37.8 Å². The number of hydrogen-bond donors (Lipinski definition) is 1. The molecule has 1 fully saturated rings. The summed E-state index contributed by atoms with van der Waals surface area (Å²) in [5.74, 6) is 0. The van der Waals surface area contributed by atoms with Crippen molar-refractivity contribution in [1.29, 1.82) is 0 Å². The summed E-state index contributed by atoms with van der Waals surface area (Å²) in [6.07, 6.45) is 8.44. The predicted octanol–water partition coefficient (Wildman–Crippen LogP) is 3.61. The van der Waals surface area contributed by atoms with Crippen LogP contribution in [-0.2, 0) is 6.54 Å². The molecule has 0 aliphatic heterocycles. The van der Waals surface area contributed by atoms with Gasteiger partial charge in [-0.05, 0) is 18.2 Å². The maximum Gasteiger partial charge on any atom is 0.125 e. The Morgan fingerprint density at radius 1 is 1.15 bits per heavy atom. The quantitative estimate of drug-likeness (QED) is 0.794. The first-order valence-electron chi connectivity index (χ1n) is 6.91. The Balaban J connectivity index is 1.67. The second-order valence-corrected chi connectivity index (χ2v) is 6.31. The fourth-order valence-electron chi connectivity index (χ4n) is 2.33. The minimum absolute atomic E-state index is 0.736. The Hall–Kier alpha value is -1.78. The Bertz CT molecular complexity index is 741. The van der Waals surface area contributed by atoms with Gasteiger partial charge in [0.1, 0.15) is 5.01 Å². The average Bonchev–Trinajstić information content (AvgIpc) is 3.21. The molecule has 1 aliphatic rings. The van der Waals surface area contributed by atoms with Crippen molar-refractivity contribution >= 4 is 22.1 Å². The van der Waals surface area contributed by atoms with E-state index in [-0.39, 0.29) is 0 Å². The van der Waals surface area contributed by atoms with Crippen LogP contribution in [0.3, 0.4) is 0 Å². The molecule has 4 heteroatoms. The highest BCUT2D eigenvalue weighted by atomic mass is 32.1. The molecule has 0 amide bonds. The first-order valence-corrected chi connectivity index (χ1v) is 7.73. The van der Waals surface area contributed by atoms with Crippen molar-refractivity contribution in [2.45, 2.75) is 25.4 Å². The van der Waals surface area contributed by atoms with E-state index in [0.717, 1.165) is 28.5 Å². The van der Waals surface area contributed by atoms with Crippen LogP contribution in [0, 0.1) is 0 Å². The molecule has 1 saturated carbocycles. The Labute approximate surface area is 121 Å². The molecule has 0 unspecified atom stereocenters. The molecule has 20 heavy (non-hydrogen) atoms. The van der Waals surface area contributed by atoms with Crippen molar-refractivity contribution in [2.24, 2.45) is 0 Å². The third kappa shape index (κ3) is 2.32. The van der Waals surface area contributed by atoms with E-state index in [0.29, 0.717) is 0 Å². The van der Waals surface area contributed by atoms with Crippen LogP contribution in [0.15, 0.2) is 42.9 Å². The van der Waals surface area contributed by atoms with E-state index in [2.05, 4.69) is 33.5 Å². The third-order valence-electron chi connectivity index (χ3n) is 3.59.